The lowest BCUT2D eigenvalue weighted by molar-refractivity contribution is -0.122. The first-order valence-electron chi connectivity index (χ1n) is 7.42. The van der Waals surface area contributed by atoms with Gasteiger partial charge in [0.1, 0.15) is 0 Å². The van der Waals surface area contributed by atoms with Crippen molar-refractivity contribution in [1.82, 2.24) is 15.5 Å². The van der Waals surface area contributed by atoms with Crippen molar-refractivity contribution in [3.05, 3.63) is 22.4 Å². The maximum absolute atomic E-state index is 11.9. The topological polar surface area (TPSA) is 44.4 Å². The third-order valence-corrected chi connectivity index (χ3v) is 4.65. The second-order valence-electron chi connectivity index (χ2n) is 5.57. The minimum Gasteiger partial charge on any atom is -0.355 e. The molecule has 0 spiro atoms. The van der Waals surface area contributed by atoms with E-state index < -0.39 is 0 Å². The number of carbonyl (C=O) groups excluding carboxylic acids is 1. The van der Waals surface area contributed by atoms with Crippen molar-refractivity contribution in [2.24, 2.45) is 5.92 Å². The summed E-state index contributed by atoms with van der Waals surface area (Å²) in [7, 11) is 2.04. The lowest BCUT2D eigenvalue weighted by atomic mass is 9.98. The third kappa shape index (κ3) is 5.61. The van der Waals surface area contributed by atoms with Crippen LogP contribution in [0.15, 0.2) is 17.5 Å². The summed E-state index contributed by atoms with van der Waals surface area (Å²) in [5.74, 6) is 0.873. The van der Waals surface area contributed by atoms with E-state index >= 15 is 0 Å². The predicted molar refractivity (Wildman–Crippen MR) is 84.1 cm³/mol. The average Bonchev–Trinajstić information content (AvgIpc) is 2.93. The Labute approximate surface area is 125 Å². The molecule has 0 aliphatic carbocycles. The van der Waals surface area contributed by atoms with Crippen LogP contribution in [0, 0.1) is 5.92 Å². The molecule has 2 N–H and O–H groups in total. The largest absolute Gasteiger partial charge is 0.355 e. The van der Waals surface area contributed by atoms with E-state index in [0.29, 0.717) is 6.54 Å². The first-order chi connectivity index (χ1) is 9.74. The normalized spacial score (nSPS) is 16.5. The van der Waals surface area contributed by atoms with E-state index in [2.05, 4.69) is 33.0 Å². The van der Waals surface area contributed by atoms with E-state index in [4.69, 9.17) is 0 Å². The fraction of sp³-hybridized carbons (Fsp3) is 0.667. The molecule has 0 atom stereocenters. The average molecular weight is 295 g/mol. The van der Waals surface area contributed by atoms with Crippen molar-refractivity contribution < 1.29 is 4.79 Å². The van der Waals surface area contributed by atoms with Crippen LogP contribution in [0.25, 0.3) is 0 Å². The molecule has 1 aliphatic rings. The molecule has 1 amide bonds. The summed E-state index contributed by atoms with van der Waals surface area (Å²) < 4.78 is 0. The fourth-order valence-electron chi connectivity index (χ4n) is 2.65. The third-order valence-electron chi connectivity index (χ3n) is 3.72. The minimum atomic E-state index is 0.137. The molecule has 4 nitrogen and oxygen atoms in total. The van der Waals surface area contributed by atoms with Crippen LogP contribution in [0.5, 0.6) is 0 Å². The number of thiophene rings is 1. The van der Waals surface area contributed by atoms with Crippen molar-refractivity contribution in [2.75, 3.05) is 39.8 Å². The highest BCUT2D eigenvalue weighted by Gasteiger charge is 2.16. The quantitative estimate of drug-likeness (QED) is 0.798. The summed E-state index contributed by atoms with van der Waals surface area (Å²) in [6.07, 6.45) is 3.39. The van der Waals surface area contributed by atoms with Gasteiger partial charge in [-0.15, -0.1) is 11.3 Å². The Bertz CT molecular complexity index is 388. The highest BCUT2D eigenvalue weighted by atomic mass is 32.1. The Kier molecular flexibility index (Phi) is 6.50. The van der Waals surface area contributed by atoms with Crippen molar-refractivity contribution >= 4 is 17.2 Å². The van der Waals surface area contributed by atoms with Crippen molar-refractivity contribution in [3.8, 4) is 0 Å². The molecule has 5 heteroatoms. The van der Waals surface area contributed by atoms with Crippen molar-refractivity contribution in [3.63, 3.8) is 0 Å². The van der Waals surface area contributed by atoms with Gasteiger partial charge in [-0.05, 0) is 56.8 Å². The van der Waals surface area contributed by atoms with E-state index in [0.717, 1.165) is 38.5 Å². The number of nitrogens with zero attached hydrogens (tertiary/aromatic N) is 1. The van der Waals surface area contributed by atoms with Gasteiger partial charge in [-0.25, -0.2) is 0 Å². The molecular weight excluding hydrogens is 270 g/mol. The zero-order valence-electron chi connectivity index (χ0n) is 12.2. The maximum Gasteiger partial charge on any atom is 0.234 e. The SMILES string of the molecule is CN(CC(=O)NCCc1cccs1)CC1CCNCC1. The molecule has 1 aromatic heterocycles. The number of rotatable bonds is 7. The molecule has 0 radical (unpaired) electrons. The molecule has 20 heavy (non-hydrogen) atoms. The molecule has 0 aromatic carbocycles. The van der Waals surface area contributed by atoms with Gasteiger partial charge in [0, 0.05) is 18.0 Å². The number of piperidine rings is 1. The number of hydrogen-bond acceptors (Lipinski definition) is 4. The maximum atomic E-state index is 11.9. The molecule has 112 valence electrons. The second-order valence-corrected chi connectivity index (χ2v) is 6.60. The van der Waals surface area contributed by atoms with E-state index in [1.165, 1.54) is 17.7 Å². The van der Waals surface area contributed by atoms with Gasteiger partial charge in [0.15, 0.2) is 0 Å². The van der Waals surface area contributed by atoms with Gasteiger partial charge in [0.2, 0.25) is 5.91 Å². The molecule has 0 bridgehead atoms. The van der Waals surface area contributed by atoms with Crippen LogP contribution in [0.3, 0.4) is 0 Å². The van der Waals surface area contributed by atoms with Gasteiger partial charge >= 0.3 is 0 Å². The summed E-state index contributed by atoms with van der Waals surface area (Å²) in [5, 5.41) is 8.45. The van der Waals surface area contributed by atoms with Crippen molar-refractivity contribution in [1.29, 1.82) is 0 Å². The first-order valence-corrected chi connectivity index (χ1v) is 8.30. The number of likely N-dealkylation sites (N-methyl/N-ethyl adjacent to an activating group) is 1. The van der Waals surface area contributed by atoms with Crippen LogP contribution >= 0.6 is 11.3 Å². The molecule has 2 rings (SSSR count). The molecule has 1 fully saturated rings. The van der Waals surface area contributed by atoms with Crippen molar-refractivity contribution in [2.45, 2.75) is 19.3 Å². The van der Waals surface area contributed by atoms with E-state index in [9.17, 15) is 4.79 Å². The zero-order chi connectivity index (χ0) is 14.2. The first kappa shape index (κ1) is 15.5. The molecule has 1 aromatic rings. The standard InChI is InChI=1S/C15H25N3OS/c1-18(11-13-4-7-16-8-5-13)12-15(19)17-9-6-14-3-2-10-20-14/h2-3,10,13,16H,4-9,11-12H2,1H3,(H,17,19). The number of nitrogens with one attached hydrogen (secondary N) is 2. The van der Waals surface area contributed by atoms with E-state index in [1.807, 2.05) is 7.05 Å². The minimum absolute atomic E-state index is 0.137. The Morgan fingerprint density at radius 3 is 3.00 bits per heavy atom. The van der Waals surface area contributed by atoms with Gasteiger partial charge in [-0.1, -0.05) is 6.07 Å². The van der Waals surface area contributed by atoms with E-state index in [-0.39, 0.29) is 5.91 Å². The Balaban J connectivity index is 1.58. The fourth-order valence-corrected chi connectivity index (χ4v) is 3.36. The molecule has 1 aliphatic heterocycles. The molecule has 1 saturated heterocycles. The van der Waals surface area contributed by atoms with Gasteiger partial charge in [0.25, 0.3) is 0 Å². The summed E-state index contributed by atoms with van der Waals surface area (Å²) >= 11 is 1.74. The molecule has 0 saturated carbocycles. The second kappa shape index (κ2) is 8.39. The number of hydrogen-bond donors (Lipinski definition) is 2. The van der Waals surface area contributed by atoms with Crippen LogP contribution in [-0.2, 0) is 11.2 Å². The smallest absolute Gasteiger partial charge is 0.234 e. The molecule has 2 heterocycles. The summed E-state index contributed by atoms with van der Waals surface area (Å²) in [6.45, 7) is 4.51. The number of amides is 1. The summed E-state index contributed by atoms with van der Waals surface area (Å²) in [5.41, 5.74) is 0. The van der Waals surface area contributed by atoms with Gasteiger partial charge in [-0.3, -0.25) is 9.69 Å². The molecule has 0 unspecified atom stereocenters. The summed E-state index contributed by atoms with van der Waals surface area (Å²) in [4.78, 5) is 15.3. The van der Waals surface area contributed by atoms with E-state index in [1.54, 1.807) is 11.3 Å². The van der Waals surface area contributed by atoms with Gasteiger partial charge < -0.3 is 10.6 Å². The lowest BCUT2D eigenvalue weighted by Crippen LogP contribution is -2.40. The van der Waals surface area contributed by atoms with Crippen LogP contribution in [0.4, 0.5) is 0 Å². The Morgan fingerprint density at radius 1 is 1.50 bits per heavy atom. The highest BCUT2D eigenvalue weighted by molar-refractivity contribution is 7.09. The monoisotopic (exact) mass is 295 g/mol. The van der Waals surface area contributed by atoms with Crippen LogP contribution in [-0.4, -0.2) is 50.6 Å². The number of carbonyl (C=O) groups is 1. The highest BCUT2D eigenvalue weighted by Crippen LogP contribution is 2.12. The van der Waals surface area contributed by atoms with Crippen LogP contribution in [0.1, 0.15) is 17.7 Å². The van der Waals surface area contributed by atoms with Crippen LogP contribution in [0.2, 0.25) is 0 Å². The molecular formula is C15H25N3OS. The van der Waals surface area contributed by atoms with Gasteiger partial charge in [0.05, 0.1) is 6.54 Å². The predicted octanol–water partition coefficient (Wildman–Crippen LogP) is 1.34. The Morgan fingerprint density at radius 2 is 2.30 bits per heavy atom. The van der Waals surface area contributed by atoms with Gasteiger partial charge in [-0.2, -0.15) is 0 Å². The lowest BCUT2D eigenvalue weighted by Gasteiger charge is -2.27. The zero-order valence-corrected chi connectivity index (χ0v) is 13.0. The van der Waals surface area contributed by atoms with Crippen LogP contribution < -0.4 is 10.6 Å². The Hall–Kier alpha value is -0.910. The summed E-state index contributed by atoms with van der Waals surface area (Å²) in [6, 6.07) is 4.16.